The van der Waals surface area contributed by atoms with E-state index < -0.39 is 0 Å². The smallest absolute Gasteiger partial charge is 0.0642 e. The molecular formula is C12H18N2O. The van der Waals surface area contributed by atoms with Gasteiger partial charge in [0.15, 0.2) is 0 Å². The fraction of sp³-hybridized carbons (Fsp3) is 0.500. The van der Waals surface area contributed by atoms with Crippen molar-refractivity contribution in [2.24, 2.45) is 0 Å². The molecule has 1 saturated heterocycles. The molecule has 3 nitrogen and oxygen atoms in total. The third kappa shape index (κ3) is 2.23. The molecular weight excluding hydrogens is 188 g/mol. The number of nitrogens with zero attached hydrogens (tertiary/aromatic N) is 1. The molecule has 1 aromatic rings. The molecule has 1 aliphatic rings. The number of nitrogen functional groups attached to an aromatic ring is 1. The highest BCUT2D eigenvalue weighted by atomic mass is 16.5. The molecule has 0 radical (unpaired) electrons. The summed E-state index contributed by atoms with van der Waals surface area (Å²) in [4.78, 5) is 2.35. The van der Waals surface area contributed by atoms with Gasteiger partial charge in [0.2, 0.25) is 0 Å². The first-order valence-electron chi connectivity index (χ1n) is 5.52. The Morgan fingerprint density at radius 3 is 2.73 bits per heavy atom. The van der Waals surface area contributed by atoms with Crippen molar-refractivity contribution < 1.29 is 4.74 Å². The molecule has 1 aliphatic heterocycles. The van der Waals surface area contributed by atoms with Gasteiger partial charge >= 0.3 is 0 Å². The maximum Gasteiger partial charge on any atom is 0.0642 e. The van der Waals surface area contributed by atoms with Gasteiger partial charge in [-0.2, -0.15) is 0 Å². The number of nitrogens with two attached hydrogens (primary N) is 1. The summed E-state index contributed by atoms with van der Waals surface area (Å²) in [6, 6.07) is 6.30. The van der Waals surface area contributed by atoms with Crippen LogP contribution in [0.3, 0.4) is 0 Å². The summed E-state index contributed by atoms with van der Waals surface area (Å²) < 4.78 is 5.34. The lowest BCUT2D eigenvalue weighted by Crippen LogP contribution is -2.36. The van der Waals surface area contributed by atoms with Gasteiger partial charge in [0, 0.05) is 24.5 Å². The van der Waals surface area contributed by atoms with Crippen LogP contribution in [0.5, 0.6) is 0 Å². The quantitative estimate of drug-likeness (QED) is 0.748. The SMILES string of the molecule is CCc1cc(N2CCOCC2)ccc1N. The molecule has 0 spiro atoms. The van der Waals surface area contributed by atoms with Gasteiger partial charge in [-0.25, -0.2) is 0 Å². The Morgan fingerprint density at radius 1 is 1.33 bits per heavy atom. The first-order chi connectivity index (χ1) is 7.31. The van der Waals surface area contributed by atoms with Crippen molar-refractivity contribution in [3.63, 3.8) is 0 Å². The minimum Gasteiger partial charge on any atom is -0.399 e. The Labute approximate surface area is 90.8 Å². The molecule has 1 heterocycles. The molecule has 2 rings (SSSR count). The minimum absolute atomic E-state index is 0.825. The molecule has 0 bridgehead atoms. The molecule has 0 aliphatic carbocycles. The molecule has 82 valence electrons. The second-order valence-corrected chi connectivity index (χ2v) is 3.84. The third-order valence-corrected chi connectivity index (χ3v) is 2.88. The zero-order chi connectivity index (χ0) is 10.7. The van der Waals surface area contributed by atoms with E-state index in [1.54, 1.807) is 0 Å². The molecule has 15 heavy (non-hydrogen) atoms. The van der Waals surface area contributed by atoms with Crippen LogP contribution in [-0.4, -0.2) is 26.3 Å². The van der Waals surface area contributed by atoms with Crippen molar-refractivity contribution in [3.8, 4) is 0 Å². The lowest BCUT2D eigenvalue weighted by molar-refractivity contribution is 0.122. The van der Waals surface area contributed by atoms with E-state index in [1.165, 1.54) is 11.3 Å². The summed E-state index contributed by atoms with van der Waals surface area (Å²) in [5.41, 5.74) is 9.29. The Hall–Kier alpha value is -1.22. The topological polar surface area (TPSA) is 38.5 Å². The Balaban J connectivity index is 2.20. The number of hydrogen-bond donors (Lipinski definition) is 1. The second kappa shape index (κ2) is 4.53. The highest BCUT2D eigenvalue weighted by molar-refractivity contribution is 5.58. The molecule has 3 heteroatoms. The summed E-state index contributed by atoms with van der Waals surface area (Å²) in [7, 11) is 0. The lowest BCUT2D eigenvalue weighted by Gasteiger charge is -2.29. The number of benzene rings is 1. The molecule has 0 saturated carbocycles. The van der Waals surface area contributed by atoms with Crippen molar-refractivity contribution in [3.05, 3.63) is 23.8 Å². The standard InChI is InChI=1S/C12H18N2O/c1-2-10-9-11(3-4-12(10)13)14-5-7-15-8-6-14/h3-4,9H,2,5-8,13H2,1H3. The summed E-state index contributed by atoms with van der Waals surface area (Å²) in [6.07, 6.45) is 0.990. The van der Waals surface area contributed by atoms with Crippen molar-refractivity contribution in [1.82, 2.24) is 0 Å². The second-order valence-electron chi connectivity index (χ2n) is 3.84. The van der Waals surface area contributed by atoms with Gasteiger partial charge in [-0.15, -0.1) is 0 Å². The van der Waals surface area contributed by atoms with Gasteiger partial charge in [0.05, 0.1) is 13.2 Å². The Bertz CT molecular complexity index is 332. The van der Waals surface area contributed by atoms with Crippen molar-refractivity contribution >= 4 is 11.4 Å². The number of anilines is 2. The van der Waals surface area contributed by atoms with E-state index in [-0.39, 0.29) is 0 Å². The van der Waals surface area contributed by atoms with Gasteiger partial charge in [0.1, 0.15) is 0 Å². The number of morpholine rings is 1. The molecule has 1 aromatic carbocycles. The lowest BCUT2D eigenvalue weighted by atomic mass is 10.1. The summed E-state index contributed by atoms with van der Waals surface area (Å²) in [5, 5.41) is 0. The van der Waals surface area contributed by atoms with Crippen LogP contribution in [0.25, 0.3) is 0 Å². The van der Waals surface area contributed by atoms with Crippen LogP contribution in [0.4, 0.5) is 11.4 Å². The van der Waals surface area contributed by atoms with E-state index in [9.17, 15) is 0 Å². The number of hydrogen-bond acceptors (Lipinski definition) is 3. The maximum absolute atomic E-state index is 5.89. The van der Waals surface area contributed by atoms with Gasteiger partial charge in [-0.3, -0.25) is 0 Å². The average Bonchev–Trinajstić information content (AvgIpc) is 2.31. The van der Waals surface area contributed by atoms with Gasteiger partial charge < -0.3 is 15.4 Å². The maximum atomic E-state index is 5.89. The van der Waals surface area contributed by atoms with E-state index in [0.717, 1.165) is 38.4 Å². The minimum atomic E-state index is 0.825. The van der Waals surface area contributed by atoms with Crippen LogP contribution in [0.1, 0.15) is 12.5 Å². The van der Waals surface area contributed by atoms with Crippen molar-refractivity contribution in [2.75, 3.05) is 36.9 Å². The Kier molecular flexibility index (Phi) is 3.11. The van der Waals surface area contributed by atoms with Crippen LogP contribution in [0, 0.1) is 0 Å². The predicted octanol–water partition coefficient (Wildman–Crippen LogP) is 1.67. The molecule has 0 amide bonds. The van der Waals surface area contributed by atoms with Crippen LogP contribution in [-0.2, 0) is 11.2 Å². The highest BCUT2D eigenvalue weighted by Gasteiger charge is 2.11. The summed E-state index contributed by atoms with van der Waals surface area (Å²) in [5.74, 6) is 0. The van der Waals surface area contributed by atoms with Crippen LogP contribution >= 0.6 is 0 Å². The zero-order valence-electron chi connectivity index (χ0n) is 9.20. The molecule has 0 atom stereocenters. The first kappa shape index (κ1) is 10.3. The van der Waals surface area contributed by atoms with E-state index in [4.69, 9.17) is 10.5 Å². The van der Waals surface area contributed by atoms with Crippen molar-refractivity contribution in [1.29, 1.82) is 0 Å². The fourth-order valence-electron chi connectivity index (χ4n) is 1.92. The van der Waals surface area contributed by atoms with Crippen LogP contribution in [0.15, 0.2) is 18.2 Å². The molecule has 0 aromatic heterocycles. The highest BCUT2D eigenvalue weighted by Crippen LogP contribution is 2.22. The monoisotopic (exact) mass is 206 g/mol. The van der Waals surface area contributed by atoms with E-state index in [1.807, 2.05) is 6.07 Å². The zero-order valence-corrected chi connectivity index (χ0v) is 9.20. The van der Waals surface area contributed by atoms with E-state index >= 15 is 0 Å². The number of aryl methyl sites for hydroxylation is 1. The van der Waals surface area contributed by atoms with Gasteiger partial charge in [0.25, 0.3) is 0 Å². The first-order valence-corrected chi connectivity index (χ1v) is 5.52. The Morgan fingerprint density at radius 2 is 2.07 bits per heavy atom. The van der Waals surface area contributed by atoms with Crippen molar-refractivity contribution in [2.45, 2.75) is 13.3 Å². The van der Waals surface area contributed by atoms with Crippen LogP contribution < -0.4 is 10.6 Å². The van der Waals surface area contributed by atoms with Gasteiger partial charge in [-0.05, 0) is 30.2 Å². The molecule has 1 fully saturated rings. The molecule has 0 unspecified atom stereocenters. The van der Waals surface area contributed by atoms with E-state index in [2.05, 4.69) is 24.0 Å². The average molecular weight is 206 g/mol. The largest absolute Gasteiger partial charge is 0.399 e. The fourth-order valence-corrected chi connectivity index (χ4v) is 1.92. The molecule has 2 N–H and O–H groups in total. The predicted molar refractivity (Wildman–Crippen MR) is 63.3 cm³/mol. The van der Waals surface area contributed by atoms with Gasteiger partial charge in [-0.1, -0.05) is 6.92 Å². The third-order valence-electron chi connectivity index (χ3n) is 2.88. The summed E-state index contributed by atoms with van der Waals surface area (Å²) >= 11 is 0. The number of rotatable bonds is 2. The number of ether oxygens (including phenoxy) is 1. The summed E-state index contributed by atoms with van der Waals surface area (Å²) in [6.45, 7) is 5.74. The van der Waals surface area contributed by atoms with E-state index in [0.29, 0.717) is 0 Å². The van der Waals surface area contributed by atoms with Crippen LogP contribution in [0.2, 0.25) is 0 Å². The normalized spacial score (nSPS) is 16.7.